The molecule has 0 saturated carbocycles. The maximum atomic E-state index is 14.4. The van der Waals surface area contributed by atoms with Crippen LogP contribution in [0.3, 0.4) is 0 Å². The van der Waals surface area contributed by atoms with Crippen LogP contribution in [0.4, 0.5) is 0 Å². The van der Waals surface area contributed by atoms with E-state index in [9.17, 15) is 19.5 Å². The van der Waals surface area contributed by atoms with Gasteiger partial charge in [0, 0.05) is 53.4 Å². The van der Waals surface area contributed by atoms with E-state index in [4.69, 9.17) is 9.47 Å². The van der Waals surface area contributed by atoms with Crippen LogP contribution in [-0.4, -0.2) is 34.7 Å². The number of hydrogen-bond acceptors (Lipinski definition) is 6. The van der Waals surface area contributed by atoms with Crippen LogP contribution in [0.25, 0.3) is 0 Å². The van der Waals surface area contributed by atoms with E-state index in [-0.39, 0.29) is 34.6 Å². The summed E-state index contributed by atoms with van der Waals surface area (Å²) in [6, 6.07) is 20.8. The molecule has 7 heteroatoms. The van der Waals surface area contributed by atoms with Crippen LogP contribution in [0, 0.1) is 10.8 Å². The third-order valence-corrected chi connectivity index (χ3v) is 9.86. The Bertz CT molecular complexity index is 1830. The Hall–Kier alpha value is -4.91. The predicted molar refractivity (Wildman–Crippen MR) is 189 cm³/mol. The molecule has 49 heavy (non-hydrogen) atoms. The first-order valence-electron chi connectivity index (χ1n) is 16.9. The van der Waals surface area contributed by atoms with Gasteiger partial charge in [0.25, 0.3) is 0 Å². The number of methoxy groups -OCH3 is 1. The van der Waals surface area contributed by atoms with E-state index >= 15 is 0 Å². The van der Waals surface area contributed by atoms with Gasteiger partial charge in [-0.05, 0) is 65.0 Å². The zero-order valence-corrected chi connectivity index (χ0v) is 29.1. The fraction of sp³-hybridized carbons (Fsp3) is 0.357. The summed E-state index contributed by atoms with van der Waals surface area (Å²) in [5.41, 5.74) is 6.77. The van der Waals surface area contributed by atoms with Gasteiger partial charge in [-0.15, -0.1) is 6.58 Å². The first kappa shape index (κ1) is 34.0. The average Bonchev–Trinajstić information content (AvgIpc) is 3.04. The van der Waals surface area contributed by atoms with Gasteiger partial charge >= 0.3 is 5.97 Å². The van der Waals surface area contributed by atoms with Crippen LogP contribution in [0.15, 0.2) is 102 Å². The molecule has 0 bridgehead atoms. The number of ketones is 2. The minimum Gasteiger partial charge on any atom is -0.493 e. The highest BCUT2D eigenvalue weighted by Gasteiger charge is 2.49. The van der Waals surface area contributed by atoms with Gasteiger partial charge in [-0.25, -0.2) is 4.79 Å². The van der Waals surface area contributed by atoms with Crippen LogP contribution in [-0.2, 0) is 29.2 Å². The van der Waals surface area contributed by atoms with Gasteiger partial charge < -0.3 is 19.5 Å². The number of benzene rings is 3. The van der Waals surface area contributed by atoms with Gasteiger partial charge in [0.05, 0.1) is 12.7 Å². The fourth-order valence-corrected chi connectivity index (χ4v) is 7.71. The lowest BCUT2D eigenvalue weighted by Crippen LogP contribution is -2.44. The second kappa shape index (κ2) is 13.2. The molecule has 1 heterocycles. The van der Waals surface area contributed by atoms with Crippen LogP contribution in [0.5, 0.6) is 11.5 Å². The maximum Gasteiger partial charge on any atom is 0.335 e. The summed E-state index contributed by atoms with van der Waals surface area (Å²) < 4.78 is 12.3. The summed E-state index contributed by atoms with van der Waals surface area (Å²) in [5, 5.41) is 9.28. The van der Waals surface area contributed by atoms with Crippen LogP contribution >= 0.6 is 0 Å². The number of Topliss-reactive ketones (excluding diaryl/α,β-unsaturated/α-hetero) is 2. The molecule has 0 atom stereocenters. The fourth-order valence-electron chi connectivity index (χ4n) is 7.71. The first-order valence-corrected chi connectivity index (χ1v) is 16.9. The molecule has 7 nitrogen and oxygen atoms in total. The molecule has 0 fully saturated rings. The SMILES string of the molecule is C=CCc1cc(C2C3=C(CC(C)(C)CC3=O)N(Cc3ccccc3)C3=C2C(=O)CC(C)(C)C3)cc(OC)c1OCc1ccc(C(=O)O)cc1. The van der Waals surface area contributed by atoms with E-state index in [2.05, 4.69) is 51.3 Å². The molecule has 0 unspecified atom stereocenters. The number of carbonyl (C=O) groups excluding carboxylic acids is 2. The molecule has 1 N–H and O–H groups in total. The van der Waals surface area contributed by atoms with Crippen LogP contribution in [0.1, 0.15) is 91.9 Å². The minimum atomic E-state index is -0.986. The molecule has 0 radical (unpaired) electrons. The second-order valence-corrected chi connectivity index (χ2v) is 15.1. The first-order chi connectivity index (χ1) is 23.3. The van der Waals surface area contributed by atoms with Gasteiger partial charge in [-0.1, -0.05) is 82.3 Å². The third kappa shape index (κ3) is 6.85. The standard InChI is InChI=1S/C42H45NO6/c1-7-11-29-18-30(19-35(48-6)39(29)49-25-27-14-16-28(17-15-27)40(46)47)36-37-31(20-41(2,3)22-33(37)44)43(24-26-12-9-8-10-13-26)32-21-42(4,5)23-34(45)38(32)36/h7-10,12-19,36H,1,11,20-25H2,2-6H3,(H,46,47). The lowest BCUT2D eigenvalue weighted by molar-refractivity contribution is -0.119. The highest BCUT2D eigenvalue weighted by Crippen LogP contribution is 2.55. The van der Waals surface area contributed by atoms with E-state index in [1.165, 1.54) is 0 Å². The molecule has 0 aromatic heterocycles. The van der Waals surface area contributed by atoms with Crippen molar-refractivity contribution >= 4 is 17.5 Å². The quantitative estimate of drug-likeness (QED) is 0.218. The van der Waals surface area contributed by atoms with Crippen molar-refractivity contribution in [3.63, 3.8) is 0 Å². The normalized spacial score (nSPS) is 18.6. The number of aromatic carboxylic acids is 1. The van der Waals surface area contributed by atoms with Crippen molar-refractivity contribution in [3.05, 3.63) is 130 Å². The van der Waals surface area contributed by atoms with Gasteiger partial charge in [-0.3, -0.25) is 9.59 Å². The van der Waals surface area contributed by atoms with Crippen LogP contribution < -0.4 is 9.47 Å². The topological polar surface area (TPSA) is 93.1 Å². The van der Waals surface area contributed by atoms with Crippen molar-refractivity contribution in [3.8, 4) is 11.5 Å². The molecule has 3 aliphatic rings. The van der Waals surface area contributed by atoms with E-state index in [1.807, 2.05) is 30.3 Å². The smallest absolute Gasteiger partial charge is 0.335 e. The van der Waals surface area contributed by atoms with Crippen molar-refractivity contribution in [2.24, 2.45) is 10.8 Å². The van der Waals surface area contributed by atoms with Crippen molar-refractivity contribution in [2.75, 3.05) is 7.11 Å². The summed E-state index contributed by atoms with van der Waals surface area (Å²) in [4.78, 5) is 42.4. The van der Waals surface area contributed by atoms with Crippen molar-refractivity contribution < 1.29 is 29.0 Å². The Morgan fingerprint density at radius 1 is 0.878 bits per heavy atom. The number of carboxylic acid groups (broad SMARTS) is 1. The van der Waals surface area contributed by atoms with Gasteiger partial charge in [0.15, 0.2) is 23.1 Å². The molecule has 254 valence electrons. The highest BCUT2D eigenvalue weighted by atomic mass is 16.5. The number of carboxylic acids is 1. The Balaban J connectivity index is 1.50. The largest absolute Gasteiger partial charge is 0.493 e. The molecule has 3 aromatic rings. The van der Waals surface area contributed by atoms with E-state index in [1.54, 1.807) is 37.5 Å². The molecule has 0 saturated heterocycles. The van der Waals surface area contributed by atoms with E-state index in [0.717, 1.165) is 46.5 Å². The lowest BCUT2D eigenvalue weighted by atomic mass is 9.63. The molecule has 6 rings (SSSR count). The predicted octanol–water partition coefficient (Wildman–Crippen LogP) is 8.59. The summed E-state index contributed by atoms with van der Waals surface area (Å²) >= 11 is 0. The van der Waals surface area contributed by atoms with Crippen molar-refractivity contribution in [1.82, 2.24) is 4.90 Å². The number of nitrogens with zero attached hydrogens (tertiary/aromatic N) is 1. The Morgan fingerprint density at radius 2 is 1.47 bits per heavy atom. The summed E-state index contributed by atoms with van der Waals surface area (Å²) in [6.45, 7) is 13.4. The molecular formula is C42H45NO6. The zero-order valence-electron chi connectivity index (χ0n) is 29.1. The monoisotopic (exact) mass is 659 g/mol. The molecule has 0 amide bonds. The van der Waals surface area contributed by atoms with Gasteiger partial charge in [0.1, 0.15) is 6.61 Å². The molecule has 1 aliphatic heterocycles. The molecule has 0 spiro atoms. The summed E-state index contributed by atoms with van der Waals surface area (Å²) in [6.07, 6.45) is 4.53. The maximum absolute atomic E-state index is 14.4. The van der Waals surface area contributed by atoms with E-state index < -0.39 is 11.9 Å². The van der Waals surface area contributed by atoms with Crippen LogP contribution in [0.2, 0.25) is 0 Å². The average molecular weight is 660 g/mol. The summed E-state index contributed by atoms with van der Waals surface area (Å²) in [7, 11) is 1.59. The second-order valence-electron chi connectivity index (χ2n) is 15.1. The number of rotatable bonds is 10. The molecule has 3 aromatic carbocycles. The summed E-state index contributed by atoms with van der Waals surface area (Å²) in [5.74, 6) is -0.314. The zero-order chi connectivity index (χ0) is 35.1. The minimum absolute atomic E-state index is 0.0767. The van der Waals surface area contributed by atoms with Gasteiger partial charge in [0.2, 0.25) is 0 Å². The third-order valence-electron chi connectivity index (χ3n) is 9.86. The van der Waals surface area contributed by atoms with Crippen molar-refractivity contribution in [1.29, 1.82) is 0 Å². The molecular weight excluding hydrogens is 614 g/mol. The number of ether oxygens (including phenoxy) is 2. The molecule has 2 aliphatic carbocycles. The Morgan fingerprint density at radius 3 is 2.00 bits per heavy atom. The van der Waals surface area contributed by atoms with Crippen molar-refractivity contribution in [2.45, 2.75) is 78.9 Å². The lowest BCUT2D eigenvalue weighted by Gasteiger charge is -2.49. The Kier molecular flexibility index (Phi) is 9.14. The van der Waals surface area contributed by atoms with Gasteiger partial charge in [-0.2, -0.15) is 0 Å². The number of carbonyl (C=O) groups is 3. The Labute approximate surface area is 288 Å². The number of hydrogen-bond donors (Lipinski definition) is 1. The number of allylic oxidation sites excluding steroid dienone is 5. The van der Waals surface area contributed by atoms with E-state index in [0.29, 0.717) is 48.5 Å². The highest BCUT2D eigenvalue weighted by molar-refractivity contribution is 6.07.